The van der Waals surface area contributed by atoms with E-state index in [-0.39, 0.29) is 10.9 Å². The van der Waals surface area contributed by atoms with E-state index in [1.54, 1.807) is 12.3 Å². The smallest absolute Gasteiger partial charge is 0.155 e. The first kappa shape index (κ1) is 15.1. The molecule has 1 atom stereocenters. The summed E-state index contributed by atoms with van der Waals surface area (Å²) in [7, 11) is -1.83. The normalized spacial score (nSPS) is 13.2. The zero-order chi connectivity index (χ0) is 16.4. The second-order valence-electron chi connectivity index (χ2n) is 4.63. The Hall–Kier alpha value is -2.82. The Morgan fingerprint density at radius 2 is 2.17 bits per heavy atom. The second kappa shape index (κ2) is 6.12. The lowest BCUT2D eigenvalue weighted by Crippen LogP contribution is -2.26. The minimum atomic E-state index is -1.83. The third-order valence-corrected chi connectivity index (χ3v) is 3.99. The number of amidine groups is 1. The van der Waals surface area contributed by atoms with Crippen LogP contribution in [0.15, 0.2) is 46.8 Å². The molecular weight excluding hydrogens is 316 g/mol. The molecular formula is C13H14N8OS. The number of nitrogens with zero attached hydrogens (tertiary/aromatic N) is 3. The highest BCUT2D eigenvalue weighted by Gasteiger charge is 2.18. The molecule has 0 spiro atoms. The average Bonchev–Trinajstić information content (AvgIpc) is 3.01. The van der Waals surface area contributed by atoms with Crippen LogP contribution in [0, 0.1) is 0 Å². The van der Waals surface area contributed by atoms with Crippen molar-refractivity contribution in [2.45, 2.75) is 5.03 Å². The van der Waals surface area contributed by atoms with Gasteiger partial charge in [-0.3, -0.25) is 5.10 Å². The van der Waals surface area contributed by atoms with Gasteiger partial charge in [-0.2, -0.15) is 5.10 Å². The van der Waals surface area contributed by atoms with Crippen LogP contribution >= 0.6 is 0 Å². The quantitative estimate of drug-likeness (QED) is 0.191. The van der Waals surface area contributed by atoms with Crippen LogP contribution in [0.2, 0.25) is 0 Å². The van der Waals surface area contributed by atoms with Gasteiger partial charge in [-0.15, -0.1) is 5.10 Å². The Kier molecular flexibility index (Phi) is 4.02. The van der Waals surface area contributed by atoms with Crippen molar-refractivity contribution in [3.8, 4) is 11.1 Å². The molecule has 1 aromatic carbocycles. The molecule has 2 aromatic heterocycles. The van der Waals surface area contributed by atoms with Gasteiger partial charge in [-0.25, -0.2) is 25.7 Å². The topological polar surface area (TPSA) is 161 Å². The standard InChI is InChI=1S/C13H14N8OS/c14-12(20-21-15)11-9(3-4-17-13(11)23(16)22)7-1-2-10-8(5-7)6-18-19-10/h1-6,21H,15-16H2,(H2,14,20)(H,18,19). The number of aromatic amines is 1. The van der Waals surface area contributed by atoms with E-state index < -0.39 is 11.0 Å². The molecule has 0 saturated heterocycles. The van der Waals surface area contributed by atoms with Crippen molar-refractivity contribution in [1.29, 1.82) is 0 Å². The van der Waals surface area contributed by atoms with E-state index >= 15 is 0 Å². The highest BCUT2D eigenvalue weighted by molar-refractivity contribution is 7.82. The van der Waals surface area contributed by atoms with Crippen molar-refractivity contribution < 1.29 is 4.21 Å². The Balaban J connectivity index is 2.27. The Morgan fingerprint density at radius 3 is 2.91 bits per heavy atom. The summed E-state index contributed by atoms with van der Waals surface area (Å²) in [6.07, 6.45) is 3.22. The van der Waals surface area contributed by atoms with Crippen molar-refractivity contribution in [1.82, 2.24) is 20.7 Å². The predicted molar refractivity (Wildman–Crippen MR) is 88.0 cm³/mol. The zero-order valence-corrected chi connectivity index (χ0v) is 12.7. The minimum Gasteiger partial charge on any atom is -0.382 e. The number of fused-ring (bicyclic) bond motifs is 1. The van der Waals surface area contributed by atoms with Gasteiger partial charge >= 0.3 is 0 Å². The van der Waals surface area contributed by atoms with Crippen LogP contribution in [0.5, 0.6) is 0 Å². The first-order valence-electron chi connectivity index (χ1n) is 6.49. The summed E-state index contributed by atoms with van der Waals surface area (Å²) in [5, 5.41) is 17.2. The highest BCUT2D eigenvalue weighted by Crippen LogP contribution is 2.28. The van der Waals surface area contributed by atoms with Gasteiger partial charge in [0.05, 0.1) is 17.3 Å². The Bertz CT molecular complexity index is 919. The molecule has 2 heterocycles. The van der Waals surface area contributed by atoms with Crippen molar-refractivity contribution in [3.05, 3.63) is 42.2 Å². The number of nitrogens with two attached hydrogens (primary N) is 3. The lowest BCUT2D eigenvalue weighted by molar-refractivity contribution is 0.681. The summed E-state index contributed by atoms with van der Waals surface area (Å²) in [5.74, 6) is 5.22. The summed E-state index contributed by atoms with van der Waals surface area (Å²) >= 11 is 0. The Labute approximate surface area is 133 Å². The van der Waals surface area contributed by atoms with E-state index in [1.165, 1.54) is 6.20 Å². The van der Waals surface area contributed by atoms with Gasteiger partial charge in [0.15, 0.2) is 10.9 Å². The van der Waals surface area contributed by atoms with Crippen LogP contribution in [0.4, 0.5) is 0 Å². The molecule has 0 aliphatic rings. The van der Waals surface area contributed by atoms with Crippen LogP contribution in [0.25, 0.3) is 22.0 Å². The number of pyridine rings is 1. The van der Waals surface area contributed by atoms with Crippen molar-refractivity contribution >= 4 is 27.7 Å². The lowest BCUT2D eigenvalue weighted by Gasteiger charge is -2.12. The first-order valence-corrected chi connectivity index (χ1v) is 7.71. The molecule has 0 aliphatic carbocycles. The number of benzene rings is 1. The van der Waals surface area contributed by atoms with Crippen LogP contribution in [-0.4, -0.2) is 25.2 Å². The average molecular weight is 330 g/mol. The van der Waals surface area contributed by atoms with Crippen molar-refractivity contribution in [2.75, 3.05) is 0 Å². The van der Waals surface area contributed by atoms with Crippen LogP contribution in [-0.2, 0) is 11.0 Å². The molecule has 3 aromatic rings. The summed E-state index contributed by atoms with van der Waals surface area (Å²) in [4.78, 5) is 4.05. The minimum absolute atomic E-state index is 0.0386. The number of nitrogens with one attached hydrogen (secondary N) is 2. The van der Waals surface area contributed by atoms with Crippen molar-refractivity contribution in [2.24, 2.45) is 21.8 Å². The monoisotopic (exact) mass is 330 g/mol. The maximum Gasteiger partial charge on any atom is 0.155 e. The fourth-order valence-corrected chi connectivity index (χ4v) is 2.90. The maximum absolute atomic E-state index is 11.8. The van der Waals surface area contributed by atoms with E-state index in [0.717, 1.165) is 16.5 Å². The van der Waals surface area contributed by atoms with Gasteiger partial charge in [-0.05, 0) is 29.3 Å². The number of H-pyrrole nitrogens is 1. The van der Waals surface area contributed by atoms with Gasteiger partial charge in [0.2, 0.25) is 0 Å². The van der Waals surface area contributed by atoms with E-state index in [1.807, 2.05) is 18.2 Å². The molecule has 3 rings (SSSR count). The molecule has 0 saturated carbocycles. The summed E-state index contributed by atoms with van der Waals surface area (Å²) in [5.41, 5.74) is 10.8. The van der Waals surface area contributed by atoms with Gasteiger partial charge in [0.1, 0.15) is 11.0 Å². The van der Waals surface area contributed by atoms with Crippen molar-refractivity contribution in [3.63, 3.8) is 0 Å². The molecule has 8 N–H and O–H groups in total. The van der Waals surface area contributed by atoms with E-state index in [2.05, 4.69) is 25.8 Å². The molecule has 1 unspecified atom stereocenters. The lowest BCUT2D eigenvalue weighted by atomic mass is 10.00. The predicted octanol–water partition coefficient (Wildman–Crippen LogP) is -0.310. The summed E-state index contributed by atoms with van der Waals surface area (Å²) in [6, 6.07) is 7.43. The zero-order valence-electron chi connectivity index (χ0n) is 11.9. The van der Waals surface area contributed by atoms with Gasteiger partial charge in [0.25, 0.3) is 0 Å². The molecule has 0 amide bonds. The Morgan fingerprint density at radius 1 is 1.35 bits per heavy atom. The number of hydrogen-bond acceptors (Lipinski definition) is 6. The fraction of sp³-hybridized carbons (Fsp3) is 0. The van der Waals surface area contributed by atoms with Crippen LogP contribution in [0.3, 0.4) is 0 Å². The van der Waals surface area contributed by atoms with E-state index in [0.29, 0.717) is 11.1 Å². The molecule has 0 bridgehead atoms. The van der Waals surface area contributed by atoms with Gasteiger partial charge < -0.3 is 5.73 Å². The number of rotatable bonds is 4. The summed E-state index contributed by atoms with van der Waals surface area (Å²) < 4.78 is 11.8. The number of hydrazine groups is 1. The molecule has 0 fully saturated rings. The SMILES string of the molecule is NN/N=C(\N)c1c(-c2ccc3[nH]ncc3c2)ccnc1S(N)=O. The molecule has 0 radical (unpaired) electrons. The first-order chi connectivity index (χ1) is 11.1. The van der Waals surface area contributed by atoms with Gasteiger partial charge in [-0.1, -0.05) is 6.07 Å². The number of aromatic nitrogens is 3. The number of hydrogen-bond donors (Lipinski definition) is 5. The fourth-order valence-electron chi connectivity index (χ4n) is 2.32. The van der Waals surface area contributed by atoms with E-state index in [4.69, 9.17) is 16.7 Å². The van der Waals surface area contributed by atoms with Crippen LogP contribution in [0.1, 0.15) is 5.56 Å². The largest absolute Gasteiger partial charge is 0.382 e. The molecule has 0 aliphatic heterocycles. The second-order valence-corrected chi connectivity index (χ2v) is 5.62. The molecule has 10 heteroatoms. The van der Waals surface area contributed by atoms with Gasteiger partial charge in [0, 0.05) is 11.6 Å². The van der Waals surface area contributed by atoms with Crippen LogP contribution < -0.4 is 22.3 Å². The highest BCUT2D eigenvalue weighted by atomic mass is 32.2. The third kappa shape index (κ3) is 2.77. The third-order valence-electron chi connectivity index (χ3n) is 3.30. The number of hydrazone groups is 1. The molecule has 118 valence electrons. The summed E-state index contributed by atoms with van der Waals surface area (Å²) in [6.45, 7) is 0. The molecule has 23 heavy (non-hydrogen) atoms. The molecule has 9 nitrogen and oxygen atoms in total. The maximum atomic E-state index is 11.8. The van der Waals surface area contributed by atoms with E-state index in [9.17, 15) is 4.21 Å².